The number of likely N-dealkylation sites (tertiary alicyclic amines) is 1. The Hall–Kier alpha value is -1.42. The molecule has 2 rings (SSSR count). The van der Waals surface area contributed by atoms with Crippen molar-refractivity contribution in [3.05, 3.63) is 30.1 Å². The van der Waals surface area contributed by atoms with Gasteiger partial charge in [-0.3, -0.25) is 14.7 Å². The van der Waals surface area contributed by atoms with E-state index in [2.05, 4.69) is 36.0 Å². The third kappa shape index (κ3) is 5.41. The molecule has 0 bridgehead atoms. The van der Waals surface area contributed by atoms with Crippen LogP contribution < -0.4 is 5.32 Å². The van der Waals surface area contributed by atoms with Crippen molar-refractivity contribution in [2.75, 3.05) is 19.6 Å². The first-order valence-corrected chi connectivity index (χ1v) is 8.34. The number of nitrogens with zero attached hydrogens (tertiary/aromatic N) is 2. The molecule has 0 spiro atoms. The Bertz CT molecular complexity index is 467. The minimum Gasteiger partial charge on any atom is -0.349 e. The summed E-state index contributed by atoms with van der Waals surface area (Å²) in [7, 11) is 0. The third-order valence-corrected chi connectivity index (χ3v) is 4.61. The molecule has 22 heavy (non-hydrogen) atoms. The fraction of sp³-hybridized carbons (Fsp3) is 0.667. The zero-order valence-electron chi connectivity index (χ0n) is 14.1. The van der Waals surface area contributed by atoms with Crippen LogP contribution in [-0.2, 0) is 11.3 Å². The third-order valence-electron chi connectivity index (χ3n) is 4.61. The van der Waals surface area contributed by atoms with Gasteiger partial charge in [-0.15, -0.1) is 0 Å². The zero-order chi connectivity index (χ0) is 16.0. The van der Waals surface area contributed by atoms with Crippen molar-refractivity contribution in [2.24, 2.45) is 11.3 Å². The summed E-state index contributed by atoms with van der Waals surface area (Å²) in [5.74, 6) is 0.856. The summed E-state index contributed by atoms with van der Waals surface area (Å²) in [6.07, 6.45) is 5.41. The van der Waals surface area contributed by atoms with Crippen molar-refractivity contribution < 1.29 is 4.79 Å². The minimum absolute atomic E-state index is 0.0971. The molecule has 1 saturated heterocycles. The highest BCUT2D eigenvalue weighted by Gasteiger charge is 2.27. The lowest BCUT2D eigenvalue weighted by Gasteiger charge is -2.29. The van der Waals surface area contributed by atoms with Crippen LogP contribution in [-0.4, -0.2) is 35.4 Å². The molecule has 122 valence electrons. The molecular formula is C18H29N3O. The Labute approximate surface area is 134 Å². The van der Waals surface area contributed by atoms with Crippen LogP contribution in [0.5, 0.6) is 0 Å². The van der Waals surface area contributed by atoms with Gasteiger partial charge >= 0.3 is 0 Å². The van der Waals surface area contributed by atoms with Crippen LogP contribution in [0.3, 0.4) is 0 Å². The first-order chi connectivity index (χ1) is 10.4. The molecular weight excluding hydrogens is 274 g/mol. The average molecular weight is 303 g/mol. The fourth-order valence-corrected chi connectivity index (χ4v) is 3.13. The van der Waals surface area contributed by atoms with E-state index < -0.39 is 0 Å². The maximum atomic E-state index is 12.1. The quantitative estimate of drug-likeness (QED) is 0.930. The van der Waals surface area contributed by atoms with E-state index in [1.807, 2.05) is 18.2 Å². The van der Waals surface area contributed by atoms with E-state index >= 15 is 0 Å². The number of pyridine rings is 1. The zero-order valence-corrected chi connectivity index (χ0v) is 14.1. The molecule has 0 aromatic carbocycles. The van der Waals surface area contributed by atoms with E-state index in [0.717, 1.165) is 24.7 Å². The van der Waals surface area contributed by atoms with Crippen LogP contribution in [0.2, 0.25) is 0 Å². The number of nitrogens with one attached hydrogen (secondary N) is 1. The Balaban J connectivity index is 1.75. The van der Waals surface area contributed by atoms with Gasteiger partial charge in [0.2, 0.25) is 5.91 Å². The maximum absolute atomic E-state index is 12.1. The predicted molar refractivity (Wildman–Crippen MR) is 89.3 cm³/mol. The van der Waals surface area contributed by atoms with Crippen molar-refractivity contribution in [2.45, 2.75) is 46.6 Å². The number of hydrogen-bond acceptors (Lipinski definition) is 3. The topological polar surface area (TPSA) is 45.2 Å². The molecule has 0 saturated carbocycles. The highest BCUT2D eigenvalue weighted by Crippen LogP contribution is 2.34. The Morgan fingerprint density at radius 1 is 1.32 bits per heavy atom. The molecule has 1 fully saturated rings. The van der Waals surface area contributed by atoms with Crippen LogP contribution in [0.4, 0.5) is 0 Å². The molecule has 1 atom stereocenters. The first kappa shape index (κ1) is 16.9. The lowest BCUT2D eigenvalue weighted by atomic mass is 9.77. The Morgan fingerprint density at radius 2 is 2.14 bits per heavy atom. The standard InChI is InChI=1S/C18H29N3O/c1-18(2,3)15-7-6-11-21(12-9-15)14-17(22)20-13-16-8-4-5-10-19-16/h4-5,8,10,15H,6-7,9,11-14H2,1-3H3,(H,20,22). The number of carbonyl (C=O) groups excluding carboxylic acids is 1. The number of carbonyl (C=O) groups is 1. The number of rotatable bonds is 4. The second-order valence-electron chi connectivity index (χ2n) is 7.37. The fourth-order valence-electron chi connectivity index (χ4n) is 3.13. The molecule has 1 aromatic rings. The second-order valence-corrected chi connectivity index (χ2v) is 7.37. The molecule has 1 aliphatic rings. The first-order valence-electron chi connectivity index (χ1n) is 8.34. The van der Waals surface area contributed by atoms with Gasteiger partial charge in [0.25, 0.3) is 0 Å². The van der Waals surface area contributed by atoms with E-state index in [1.165, 1.54) is 19.3 Å². The van der Waals surface area contributed by atoms with Crippen LogP contribution in [0, 0.1) is 11.3 Å². The van der Waals surface area contributed by atoms with Gasteiger partial charge in [-0.25, -0.2) is 0 Å². The van der Waals surface area contributed by atoms with Crippen LogP contribution >= 0.6 is 0 Å². The molecule has 0 radical (unpaired) electrons. The summed E-state index contributed by atoms with van der Waals surface area (Å²) < 4.78 is 0. The molecule has 0 aliphatic carbocycles. The van der Waals surface area contributed by atoms with Gasteiger partial charge in [-0.2, -0.15) is 0 Å². The smallest absolute Gasteiger partial charge is 0.234 e. The molecule has 1 N–H and O–H groups in total. The van der Waals surface area contributed by atoms with Crippen LogP contribution in [0.1, 0.15) is 45.7 Å². The Morgan fingerprint density at radius 3 is 2.82 bits per heavy atom. The van der Waals surface area contributed by atoms with Crippen molar-refractivity contribution in [1.29, 1.82) is 0 Å². The van der Waals surface area contributed by atoms with Gasteiger partial charge in [0.05, 0.1) is 18.8 Å². The summed E-state index contributed by atoms with van der Waals surface area (Å²) in [6, 6.07) is 5.75. The number of amides is 1. The molecule has 2 heterocycles. The van der Waals surface area contributed by atoms with Gasteiger partial charge in [0.15, 0.2) is 0 Å². The molecule has 1 unspecified atom stereocenters. The highest BCUT2D eigenvalue weighted by atomic mass is 16.2. The summed E-state index contributed by atoms with van der Waals surface area (Å²) in [6.45, 7) is 10.1. The minimum atomic E-state index is 0.0971. The largest absolute Gasteiger partial charge is 0.349 e. The van der Waals surface area contributed by atoms with E-state index in [9.17, 15) is 4.79 Å². The number of aromatic nitrogens is 1. The predicted octanol–water partition coefficient (Wildman–Crippen LogP) is 2.85. The lowest BCUT2D eigenvalue weighted by molar-refractivity contribution is -0.122. The van der Waals surface area contributed by atoms with Crippen molar-refractivity contribution in [3.8, 4) is 0 Å². The highest BCUT2D eigenvalue weighted by molar-refractivity contribution is 5.77. The molecule has 1 aromatic heterocycles. The number of hydrogen-bond donors (Lipinski definition) is 1. The SMILES string of the molecule is CC(C)(C)C1CCCN(CC(=O)NCc2ccccn2)CC1. The summed E-state index contributed by atoms with van der Waals surface area (Å²) >= 11 is 0. The van der Waals surface area contributed by atoms with Gasteiger partial charge in [0, 0.05) is 6.20 Å². The van der Waals surface area contributed by atoms with E-state index in [-0.39, 0.29) is 5.91 Å². The molecule has 4 nitrogen and oxygen atoms in total. The van der Waals surface area contributed by atoms with E-state index in [0.29, 0.717) is 18.5 Å². The molecule has 1 aliphatic heterocycles. The maximum Gasteiger partial charge on any atom is 0.234 e. The molecule has 4 heteroatoms. The average Bonchev–Trinajstić information content (AvgIpc) is 2.71. The van der Waals surface area contributed by atoms with Crippen molar-refractivity contribution in [3.63, 3.8) is 0 Å². The van der Waals surface area contributed by atoms with Crippen molar-refractivity contribution in [1.82, 2.24) is 15.2 Å². The normalized spacial score (nSPS) is 20.4. The summed E-state index contributed by atoms with van der Waals surface area (Å²) in [4.78, 5) is 18.6. The summed E-state index contributed by atoms with van der Waals surface area (Å²) in [5.41, 5.74) is 1.27. The monoisotopic (exact) mass is 303 g/mol. The second kappa shape index (κ2) is 7.73. The van der Waals surface area contributed by atoms with Crippen molar-refractivity contribution >= 4 is 5.91 Å². The van der Waals surface area contributed by atoms with Gasteiger partial charge in [0.1, 0.15) is 0 Å². The van der Waals surface area contributed by atoms with E-state index in [1.54, 1.807) is 6.20 Å². The van der Waals surface area contributed by atoms with E-state index in [4.69, 9.17) is 0 Å². The Kier molecular flexibility index (Phi) is 5.95. The van der Waals surface area contributed by atoms with Gasteiger partial charge in [-0.1, -0.05) is 26.8 Å². The molecule has 1 amide bonds. The van der Waals surface area contributed by atoms with Crippen LogP contribution in [0.25, 0.3) is 0 Å². The van der Waals surface area contributed by atoms with Crippen LogP contribution in [0.15, 0.2) is 24.4 Å². The van der Waals surface area contributed by atoms with Gasteiger partial charge in [-0.05, 0) is 55.8 Å². The summed E-state index contributed by atoms with van der Waals surface area (Å²) in [5, 5.41) is 2.96. The van der Waals surface area contributed by atoms with Gasteiger partial charge < -0.3 is 5.32 Å². The lowest BCUT2D eigenvalue weighted by Crippen LogP contribution is -2.37.